The number of hydrogen-bond donors (Lipinski definition) is 0. The van der Waals surface area contributed by atoms with Crippen molar-refractivity contribution in [3.8, 4) is 5.75 Å². The van der Waals surface area contributed by atoms with Crippen molar-refractivity contribution in [1.82, 2.24) is 9.80 Å². The van der Waals surface area contributed by atoms with Gasteiger partial charge in [-0.2, -0.15) is 0 Å². The van der Waals surface area contributed by atoms with Gasteiger partial charge >= 0.3 is 0 Å². The van der Waals surface area contributed by atoms with Gasteiger partial charge in [0.1, 0.15) is 17.4 Å². The van der Waals surface area contributed by atoms with Crippen molar-refractivity contribution in [2.75, 3.05) is 26.7 Å². The Balaban J connectivity index is 1.92. The highest BCUT2D eigenvalue weighted by molar-refractivity contribution is 5.34. The molecular formula is C25H34F2N2O. The molecule has 0 spiro atoms. The fourth-order valence-corrected chi connectivity index (χ4v) is 4.46. The van der Waals surface area contributed by atoms with E-state index < -0.39 is 11.6 Å². The Hall–Kier alpha value is -1.98. The predicted molar refractivity (Wildman–Crippen MR) is 118 cm³/mol. The van der Waals surface area contributed by atoms with Crippen molar-refractivity contribution in [2.24, 2.45) is 0 Å². The number of ether oxygens (including phenoxy) is 1. The van der Waals surface area contributed by atoms with Crippen molar-refractivity contribution in [1.29, 1.82) is 0 Å². The minimum atomic E-state index is -0.552. The maximum atomic E-state index is 14.6. The Bertz CT molecular complexity index is 853. The minimum Gasteiger partial charge on any atom is -0.497 e. The molecule has 0 aromatic heterocycles. The average molecular weight is 417 g/mol. The lowest BCUT2D eigenvalue weighted by Crippen LogP contribution is -2.55. The summed E-state index contributed by atoms with van der Waals surface area (Å²) < 4.78 is 34.1. The van der Waals surface area contributed by atoms with Crippen molar-refractivity contribution < 1.29 is 13.5 Å². The lowest BCUT2D eigenvalue weighted by Gasteiger charge is -2.49. The van der Waals surface area contributed by atoms with E-state index in [1.807, 2.05) is 0 Å². The first-order valence-electron chi connectivity index (χ1n) is 10.7. The smallest absolute Gasteiger partial charge is 0.134 e. The molecule has 1 heterocycles. The summed E-state index contributed by atoms with van der Waals surface area (Å²) in [5, 5.41) is 0. The Kier molecular flexibility index (Phi) is 6.83. The van der Waals surface area contributed by atoms with Gasteiger partial charge in [0.25, 0.3) is 0 Å². The molecule has 1 saturated heterocycles. The summed E-state index contributed by atoms with van der Waals surface area (Å²) in [7, 11) is 1.41. The first-order valence-corrected chi connectivity index (χ1v) is 10.7. The normalized spacial score (nSPS) is 18.8. The van der Waals surface area contributed by atoms with Gasteiger partial charge in [-0.25, -0.2) is 8.78 Å². The molecule has 1 fully saturated rings. The predicted octanol–water partition coefficient (Wildman–Crippen LogP) is 5.75. The van der Waals surface area contributed by atoms with Crippen LogP contribution in [0.1, 0.15) is 63.3 Å². The van der Waals surface area contributed by atoms with Crippen LogP contribution in [-0.4, -0.2) is 42.1 Å². The number of methoxy groups -OCH3 is 1. The van der Waals surface area contributed by atoms with Gasteiger partial charge in [-0.05, 0) is 37.8 Å². The standard InChI is InChI=1S/C25H34F2N2O/c1-17(2)19-9-7-8-10-20(19)24-16-28(11-12-29(24)25(3,4)5)15-21-22(26)13-18(30-6)14-23(21)27/h7-10,13-14,17,24H,11-12,15-16H2,1-6H3. The van der Waals surface area contributed by atoms with E-state index in [9.17, 15) is 8.78 Å². The van der Waals surface area contributed by atoms with Crippen LogP contribution in [0.5, 0.6) is 5.75 Å². The largest absolute Gasteiger partial charge is 0.497 e. The zero-order valence-electron chi connectivity index (χ0n) is 19.0. The van der Waals surface area contributed by atoms with Crippen LogP contribution in [0, 0.1) is 11.6 Å². The van der Waals surface area contributed by atoms with Gasteiger partial charge in [0, 0.05) is 55.5 Å². The summed E-state index contributed by atoms with van der Waals surface area (Å²) in [5.74, 6) is -0.488. The van der Waals surface area contributed by atoms with Crippen LogP contribution in [0.3, 0.4) is 0 Å². The van der Waals surface area contributed by atoms with Gasteiger partial charge < -0.3 is 4.74 Å². The van der Waals surface area contributed by atoms with E-state index >= 15 is 0 Å². The Morgan fingerprint density at radius 3 is 2.27 bits per heavy atom. The molecule has 0 amide bonds. The van der Waals surface area contributed by atoms with Crippen molar-refractivity contribution >= 4 is 0 Å². The number of benzene rings is 2. The van der Waals surface area contributed by atoms with Crippen molar-refractivity contribution in [2.45, 2.75) is 58.7 Å². The maximum Gasteiger partial charge on any atom is 0.134 e. The molecule has 5 heteroatoms. The third kappa shape index (κ3) is 4.84. The van der Waals surface area contributed by atoms with Crippen molar-refractivity contribution in [3.05, 3.63) is 64.7 Å². The molecule has 164 valence electrons. The number of piperazine rings is 1. The molecule has 0 aliphatic carbocycles. The van der Waals surface area contributed by atoms with E-state index in [0.29, 0.717) is 5.92 Å². The molecule has 0 saturated carbocycles. The van der Waals surface area contributed by atoms with Gasteiger partial charge in [0.15, 0.2) is 0 Å². The molecule has 2 aromatic rings. The van der Waals surface area contributed by atoms with E-state index in [1.54, 1.807) is 0 Å². The molecule has 1 unspecified atom stereocenters. The molecule has 0 N–H and O–H groups in total. The second kappa shape index (κ2) is 9.03. The highest BCUT2D eigenvalue weighted by Gasteiger charge is 2.36. The van der Waals surface area contributed by atoms with Gasteiger partial charge in [-0.3, -0.25) is 9.80 Å². The van der Waals surface area contributed by atoms with E-state index in [2.05, 4.69) is 68.7 Å². The Labute approximate surface area is 179 Å². The molecule has 2 aromatic carbocycles. The summed E-state index contributed by atoms with van der Waals surface area (Å²) in [6.07, 6.45) is 0. The molecule has 1 atom stereocenters. The van der Waals surface area contributed by atoms with Crippen LogP contribution in [0.25, 0.3) is 0 Å². The van der Waals surface area contributed by atoms with Gasteiger partial charge in [-0.15, -0.1) is 0 Å². The number of nitrogens with zero attached hydrogens (tertiary/aromatic N) is 2. The molecule has 30 heavy (non-hydrogen) atoms. The second-order valence-corrected chi connectivity index (χ2v) is 9.47. The van der Waals surface area contributed by atoms with Crippen LogP contribution in [0.15, 0.2) is 36.4 Å². The number of halogens is 2. The first-order chi connectivity index (χ1) is 14.1. The average Bonchev–Trinajstić information content (AvgIpc) is 2.69. The summed E-state index contributed by atoms with van der Waals surface area (Å²) in [6, 6.07) is 11.3. The van der Waals surface area contributed by atoms with E-state index in [0.717, 1.165) is 19.6 Å². The second-order valence-electron chi connectivity index (χ2n) is 9.47. The molecule has 1 aliphatic heterocycles. The van der Waals surface area contributed by atoms with E-state index in [-0.39, 0.29) is 29.4 Å². The summed E-state index contributed by atoms with van der Waals surface area (Å²) in [6.45, 7) is 13.7. The monoisotopic (exact) mass is 416 g/mol. The molecule has 3 rings (SSSR count). The molecule has 0 radical (unpaired) electrons. The third-order valence-electron chi connectivity index (χ3n) is 6.04. The first kappa shape index (κ1) is 22.7. The highest BCUT2D eigenvalue weighted by Crippen LogP contribution is 2.36. The number of hydrogen-bond acceptors (Lipinski definition) is 3. The summed E-state index contributed by atoms with van der Waals surface area (Å²) in [4.78, 5) is 4.68. The number of rotatable bonds is 5. The molecule has 0 bridgehead atoms. The van der Waals surface area contributed by atoms with Crippen LogP contribution in [0.2, 0.25) is 0 Å². The lowest BCUT2D eigenvalue weighted by molar-refractivity contribution is 0.00487. The van der Waals surface area contributed by atoms with Gasteiger partial charge in [0.2, 0.25) is 0 Å². The zero-order chi connectivity index (χ0) is 22.1. The quantitative estimate of drug-likeness (QED) is 0.617. The van der Waals surface area contributed by atoms with Crippen LogP contribution < -0.4 is 4.74 Å². The molecule has 1 aliphatic rings. The Morgan fingerprint density at radius 2 is 1.70 bits per heavy atom. The van der Waals surface area contributed by atoms with E-state index in [1.165, 1.54) is 30.4 Å². The van der Waals surface area contributed by atoms with Crippen molar-refractivity contribution in [3.63, 3.8) is 0 Å². The Morgan fingerprint density at radius 1 is 1.07 bits per heavy atom. The molecule has 3 nitrogen and oxygen atoms in total. The summed E-state index contributed by atoms with van der Waals surface area (Å²) in [5.41, 5.74) is 2.75. The van der Waals surface area contributed by atoms with E-state index in [4.69, 9.17) is 4.74 Å². The fraction of sp³-hybridized carbons (Fsp3) is 0.520. The SMILES string of the molecule is COc1cc(F)c(CN2CCN(C(C)(C)C)C(c3ccccc3C(C)C)C2)c(F)c1. The zero-order valence-corrected chi connectivity index (χ0v) is 19.0. The fourth-order valence-electron chi connectivity index (χ4n) is 4.46. The van der Waals surface area contributed by atoms with Gasteiger partial charge in [0.05, 0.1) is 7.11 Å². The van der Waals surface area contributed by atoms with Crippen LogP contribution in [0.4, 0.5) is 8.78 Å². The maximum absolute atomic E-state index is 14.6. The van der Waals surface area contributed by atoms with Crippen LogP contribution >= 0.6 is 0 Å². The topological polar surface area (TPSA) is 15.7 Å². The van der Waals surface area contributed by atoms with Crippen LogP contribution in [-0.2, 0) is 6.54 Å². The third-order valence-corrected chi connectivity index (χ3v) is 6.04. The summed E-state index contributed by atoms with van der Waals surface area (Å²) >= 11 is 0. The minimum absolute atomic E-state index is 0.00252. The van der Waals surface area contributed by atoms with Gasteiger partial charge in [-0.1, -0.05) is 38.1 Å². The lowest BCUT2D eigenvalue weighted by atomic mass is 9.88. The highest BCUT2D eigenvalue weighted by atomic mass is 19.1. The molecular weight excluding hydrogens is 382 g/mol.